The first kappa shape index (κ1) is 12.9. The first-order valence-corrected chi connectivity index (χ1v) is 5.44. The number of alkyl halides is 3. The summed E-state index contributed by atoms with van der Waals surface area (Å²) in [5.74, 6) is -1.64. The zero-order chi connectivity index (χ0) is 13.5. The Morgan fingerprint density at radius 2 is 1.94 bits per heavy atom. The van der Waals surface area contributed by atoms with E-state index in [0.717, 1.165) is 12.8 Å². The second kappa shape index (κ2) is 4.26. The Labute approximate surface area is 101 Å². The lowest BCUT2D eigenvalue weighted by atomic mass is 10.1. The lowest BCUT2D eigenvalue weighted by molar-refractivity contribution is -0.137. The van der Waals surface area contributed by atoms with E-state index in [4.69, 9.17) is 0 Å². The highest BCUT2D eigenvalue weighted by atomic mass is 19.4. The van der Waals surface area contributed by atoms with Crippen molar-refractivity contribution < 1.29 is 22.4 Å². The van der Waals surface area contributed by atoms with Gasteiger partial charge >= 0.3 is 6.18 Å². The zero-order valence-corrected chi connectivity index (χ0v) is 9.59. The predicted molar refractivity (Wildman–Crippen MR) is 56.5 cm³/mol. The fourth-order valence-electron chi connectivity index (χ4n) is 1.68. The van der Waals surface area contributed by atoms with Crippen LogP contribution in [0.25, 0.3) is 0 Å². The Balaban J connectivity index is 2.34. The summed E-state index contributed by atoms with van der Waals surface area (Å²) in [6.07, 6.45) is -2.97. The van der Waals surface area contributed by atoms with Crippen molar-refractivity contribution in [2.24, 2.45) is 0 Å². The number of amides is 1. The predicted octanol–water partition coefficient (Wildman–Crippen LogP) is 3.08. The van der Waals surface area contributed by atoms with Crippen LogP contribution in [0.2, 0.25) is 0 Å². The van der Waals surface area contributed by atoms with Gasteiger partial charge in [-0.1, -0.05) is 0 Å². The molecule has 1 fully saturated rings. The summed E-state index contributed by atoms with van der Waals surface area (Å²) in [4.78, 5) is 13.1. The summed E-state index contributed by atoms with van der Waals surface area (Å²) >= 11 is 0. The van der Waals surface area contributed by atoms with Crippen molar-refractivity contribution in [3.8, 4) is 0 Å². The molecule has 18 heavy (non-hydrogen) atoms. The van der Waals surface area contributed by atoms with Gasteiger partial charge < -0.3 is 4.90 Å². The van der Waals surface area contributed by atoms with E-state index < -0.39 is 29.0 Å². The van der Waals surface area contributed by atoms with Crippen molar-refractivity contribution in [3.63, 3.8) is 0 Å². The van der Waals surface area contributed by atoms with E-state index in [2.05, 4.69) is 0 Å². The van der Waals surface area contributed by atoms with Crippen molar-refractivity contribution in [1.29, 1.82) is 0 Å². The Morgan fingerprint density at radius 1 is 1.33 bits per heavy atom. The van der Waals surface area contributed by atoms with Crippen molar-refractivity contribution in [2.45, 2.75) is 25.1 Å². The number of nitrogens with zero attached hydrogens (tertiary/aromatic N) is 1. The third kappa shape index (κ3) is 2.47. The van der Waals surface area contributed by atoms with E-state index in [1.165, 1.54) is 11.9 Å². The topological polar surface area (TPSA) is 20.3 Å². The first-order chi connectivity index (χ1) is 8.30. The van der Waals surface area contributed by atoms with Gasteiger partial charge in [0.1, 0.15) is 5.82 Å². The molecule has 0 radical (unpaired) electrons. The SMILES string of the molecule is CN(C(=O)c1cc(C(F)(F)F)ccc1F)C1CC1. The largest absolute Gasteiger partial charge is 0.416 e. The van der Waals surface area contributed by atoms with Gasteiger partial charge in [-0.15, -0.1) is 0 Å². The summed E-state index contributed by atoms with van der Waals surface area (Å²) < 4.78 is 50.9. The van der Waals surface area contributed by atoms with Crippen LogP contribution in [0.15, 0.2) is 18.2 Å². The molecule has 0 bridgehead atoms. The van der Waals surface area contributed by atoms with E-state index in [1.54, 1.807) is 0 Å². The van der Waals surface area contributed by atoms with Crippen LogP contribution in [-0.4, -0.2) is 23.9 Å². The van der Waals surface area contributed by atoms with Crippen LogP contribution in [0.1, 0.15) is 28.8 Å². The summed E-state index contributed by atoms with van der Waals surface area (Å²) in [7, 11) is 1.47. The summed E-state index contributed by atoms with van der Waals surface area (Å²) in [6.45, 7) is 0. The second-order valence-corrected chi connectivity index (χ2v) is 4.34. The molecule has 0 aromatic heterocycles. The smallest absolute Gasteiger partial charge is 0.339 e. The van der Waals surface area contributed by atoms with E-state index in [0.29, 0.717) is 18.2 Å². The van der Waals surface area contributed by atoms with Gasteiger partial charge in [0, 0.05) is 13.1 Å². The number of benzene rings is 1. The molecule has 1 aliphatic rings. The van der Waals surface area contributed by atoms with Crippen LogP contribution >= 0.6 is 0 Å². The molecule has 0 unspecified atom stereocenters. The maximum absolute atomic E-state index is 13.4. The Hall–Kier alpha value is -1.59. The Kier molecular flexibility index (Phi) is 3.04. The minimum atomic E-state index is -4.58. The van der Waals surface area contributed by atoms with Gasteiger partial charge in [0.15, 0.2) is 0 Å². The summed E-state index contributed by atoms with van der Waals surface area (Å²) in [5, 5.41) is 0. The van der Waals surface area contributed by atoms with Gasteiger partial charge in [-0.2, -0.15) is 13.2 Å². The molecule has 0 spiro atoms. The molecular weight excluding hydrogens is 250 g/mol. The van der Waals surface area contributed by atoms with Gasteiger partial charge in [0.05, 0.1) is 11.1 Å². The number of hydrogen-bond donors (Lipinski definition) is 0. The lowest BCUT2D eigenvalue weighted by Gasteiger charge is -2.17. The van der Waals surface area contributed by atoms with Crippen LogP contribution in [0.4, 0.5) is 17.6 Å². The van der Waals surface area contributed by atoms with Gasteiger partial charge in [-0.05, 0) is 31.0 Å². The molecule has 0 aliphatic heterocycles. The third-order valence-electron chi connectivity index (χ3n) is 2.94. The highest BCUT2D eigenvalue weighted by Gasteiger charge is 2.34. The van der Waals surface area contributed by atoms with Crippen molar-refractivity contribution in [1.82, 2.24) is 4.90 Å². The number of halogens is 4. The molecule has 6 heteroatoms. The molecule has 98 valence electrons. The lowest BCUT2D eigenvalue weighted by Crippen LogP contribution is -2.29. The molecule has 1 aromatic carbocycles. The van der Waals surface area contributed by atoms with Crippen molar-refractivity contribution in [2.75, 3.05) is 7.05 Å². The Bertz CT molecular complexity index is 479. The fraction of sp³-hybridized carbons (Fsp3) is 0.417. The molecule has 2 rings (SSSR count). The fourth-order valence-corrected chi connectivity index (χ4v) is 1.68. The minimum absolute atomic E-state index is 0.0199. The molecule has 2 nitrogen and oxygen atoms in total. The van der Waals surface area contributed by atoms with Crippen molar-refractivity contribution in [3.05, 3.63) is 35.1 Å². The normalized spacial score (nSPS) is 15.6. The number of rotatable bonds is 2. The molecule has 0 atom stereocenters. The molecule has 1 amide bonds. The highest BCUT2D eigenvalue weighted by molar-refractivity contribution is 5.95. The first-order valence-electron chi connectivity index (χ1n) is 5.44. The summed E-state index contributed by atoms with van der Waals surface area (Å²) in [5.41, 5.74) is -1.55. The Morgan fingerprint density at radius 3 is 2.44 bits per heavy atom. The van der Waals surface area contributed by atoms with E-state index in [1.807, 2.05) is 0 Å². The van der Waals surface area contributed by atoms with Gasteiger partial charge in [-0.25, -0.2) is 4.39 Å². The van der Waals surface area contributed by atoms with Gasteiger partial charge in [0.25, 0.3) is 5.91 Å². The second-order valence-electron chi connectivity index (χ2n) is 4.34. The highest BCUT2D eigenvalue weighted by Crippen LogP contribution is 2.32. The van der Waals surface area contributed by atoms with E-state index in [9.17, 15) is 22.4 Å². The molecular formula is C12H11F4NO. The minimum Gasteiger partial charge on any atom is -0.339 e. The van der Waals surface area contributed by atoms with Crippen LogP contribution < -0.4 is 0 Å². The average molecular weight is 261 g/mol. The zero-order valence-electron chi connectivity index (χ0n) is 9.59. The van der Waals surface area contributed by atoms with Crippen LogP contribution in [0.5, 0.6) is 0 Å². The number of hydrogen-bond acceptors (Lipinski definition) is 1. The molecule has 1 saturated carbocycles. The standard InChI is InChI=1S/C12H11F4NO/c1-17(8-3-4-8)11(18)9-6-7(12(14,15)16)2-5-10(9)13/h2,5-6,8H,3-4H2,1H3. The molecule has 0 saturated heterocycles. The molecule has 1 aliphatic carbocycles. The van der Waals surface area contributed by atoms with Crippen LogP contribution in [0.3, 0.4) is 0 Å². The van der Waals surface area contributed by atoms with E-state index >= 15 is 0 Å². The van der Waals surface area contributed by atoms with Crippen LogP contribution in [0, 0.1) is 5.82 Å². The summed E-state index contributed by atoms with van der Waals surface area (Å²) in [6, 6.07) is 1.89. The molecule has 0 N–H and O–H groups in total. The van der Waals surface area contributed by atoms with Crippen LogP contribution in [-0.2, 0) is 6.18 Å². The van der Waals surface area contributed by atoms with Gasteiger partial charge in [-0.3, -0.25) is 4.79 Å². The number of carbonyl (C=O) groups is 1. The average Bonchev–Trinajstić information content (AvgIpc) is 3.10. The molecule has 1 aromatic rings. The number of carbonyl (C=O) groups excluding carboxylic acids is 1. The van der Waals surface area contributed by atoms with E-state index in [-0.39, 0.29) is 6.04 Å². The maximum Gasteiger partial charge on any atom is 0.416 e. The monoisotopic (exact) mass is 261 g/mol. The van der Waals surface area contributed by atoms with Crippen molar-refractivity contribution >= 4 is 5.91 Å². The third-order valence-corrected chi connectivity index (χ3v) is 2.94. The van der Waals surface area contributed by atoms with Gasteiger partial charge in [0.2, 0.25) is 0 Å². The molecule has 0 heterocycles. The quantitative estimate of drug-likeness (QED) is 0.749. The maximum atomic E-state index is 13.4.